The molecule has 10 nitrogen and oxygen atoms in total. The van der Waals surface area contributed by atoms with Crippen LogP contribution in [0.15, 0.2) is 47.9 Å². The topological polar surface area (TPSA) is 129 Å². The van der Waals surface area contributed by atoms with E-state index >= 15 is 0 Å². The molecule has 3 aromatic heterocycles. The number of nitrogens with one attached hydrogen (secondary N) is 3. The molecule has 174 valence electrons. The Kier molecular flexibility index (Phi) is 6.63. The number of carbonyl (C=O) groups excluding carboxylic acids is 2. The van der Waals surface area contributed by atoms with Crippen LogP contribution >= 0.6 is 11.8 Å². The SMILES string of the molecule is O=C1NC(=O)/C(=C/c2ccnc(N3CCC(CNCc4cccnc4-c4cn[nH]c4)CC3)n2)S1. The van der Waals surface area contributed by atoms with Crippen molar-refractivity contribution in [1.82, 2.24) is 35.8 Å². The minimum absolute atomic E-state index is 0.351. The fraction of sp³-hybridized carbons (Fsp3) is 0.304. The summed E-state index contributed by atoms with van der Waals surface area (Å²) in [4.78, 5) is 39.2. The van der Waals surface area contributed by atoms with Crippen LogP contribution in [0.5, 0.6) is 0 Å². The Morgan fingerprint density at radius 2 is 2.06 bits per heavy atom. The molecule has 2 aliphatic heterocycles. The summed E-state index contributed by atoms with van der Waals surface area (Å²) in [5, 5.41) is 12.4. The van der Waals surface area contributed by atoms with Crippen molar-refractivity contribution >= 4 is 34.9 Å². The second-order valence-electron chi connectivity index (χ2n) is 8.19. The molecule has 2 amide bonds. The Labute approximate surface area is 200 Å². The highest BCUT2D eigenvalue weighted by Crippen LogP contribution is 2.26. The molecule has 0 aromatic carbocycles. The van der Waals surface area contributed by atoms with Crippen LogP contribution in [0.25, 0.3) is 17.3 Å². The average Bonchev–Trinajstić information content (AvgIpc) is 3.50. The van der Waals surface area contributed by atoms with Crippen molar-refractivity contribution in [2.24, 2.45) is 5.92 Å². The second-order valence-corrected chi connectivity index (χ2v) is 9.21. The van der Waals surface area contributed by atoms with Gasteiger partial charge in [0.1, 0.15) is 0 Å². The number of thioether (sulfide) groups is 1. The van der Waals surface area contributed by atoms with Crippen molar-refractivity contribution in [2.45, 2.75) is 19.4 Å². The van der Waals surface area contributed by atoms with E-state index < -0.39 is 0 Å². The third-order valence-corrected chi connectivity index (χ3v) is 6.70. The zero-order valence-electron chi connectivity index (χ0n) is 18.4. The van der Waals surface area contributed by atoms with Gasteiger partial charge in [-0.1, -0.05) is 6.07 Å². The lowest BCUT2D eigenvalue weighted by Gasteiger charge is -2.32. The standard InChI is InChI=1S/C23H24N8O2S/c32-21-19(34-23(33)30-21)10-18-3-7-26-22(29-18)31-8-4-15(5-9-31)11-24-12-16-2-1-6-25-20(16)17-13-27-28-14-17/h1-3,6-7,10,13-15,24H,4-5,8-9,11-12H2,(H,27,28)(H,30,32,33)/b19-10-. The van der Waals surface area contributed by atoms with Gasteiger partial charge in [0.15, 0.2) is 0 Å². The van der Waals surface area contributed by atoms with E-state index in [1.165, 1.54) is 0 Å². The van der Waals surface area contributed by atoms with Gasteiger partial charge >= 0.3 is 0 Å². The van der Waals surface area contributed by atoms with Crippen LogP contribution in [0.3, 0.4) is 0 Å². The summed E-state index contributed by atoms with van der Waals surface area (Å²) >= 11 is 0.888. The number of imide groups is 1. The first kappa shape index (κ1) is 22.2. The molecule has 5 rings (SSSR count). The first-order valence-corrected chi connectivity index (χ1v) is 11.9. The molecule has 2 aliphatic rings. The molecule has 0 bridgehead atoms. The molecular weight excluding hydrogens is 452 g/mol. The Bertz CT molecular complexity index is 1210. The van der Waals surface area contributed by atoms with Gasteiger partial charge in [-0.15, -0.1) is 0 Å². The van der Waals surface area contributed by atoms with E-state index in [9.17, 15) is 9.59 Å². The molecule has 34 heavy (non-hydrogen) atoms. The van der Waals surface area contributed by atoms with Crippen molar-refractivity contribution < 1.29 is 9.59 Å². The second kappa shape index (κ2) is 10.1. The van der Waals surface area contributed by atoms with Crippen LogP contribution in [0, 0.1) is 5.92 Å². The number of pyridine rings is 1. The predicted molar refractivity (Wildman–Crippen MR) is 130 cm³/mol. The molecule has 0 unspecified atom stereocenters. The number of aromatic amines is 1. The number of rotatable bonds is 7. The van der Waals surface area contributed by atoms with Crippen molar-refractivity contribution in [2.75, 3.05) is 24.5 Å². The molecule has 0 radical (unpaired) electrons. The molecule has 0 spiro atoms. The fourth-order valence-electron chi connectivity index (χ4n) is 4.12. The molecule has 2 fully saturated rings. The quantitative estimate of drug-likeness (QED) is 0.441. The van der Waals surface area contributed by atoms with Gasteiger partial charge in [0, 0.05) is 43.8 Å². The lowest BCUT2D eigenvalue weighted by Crippen LogP contribution is -2.38. The van der Waals surface area contributed by atoms with Crippen LogP contribution in [0.1, 0.15) is 24.1 Å². The Balaban J connectivity index is 1.13. The van der Waals surface area contributed by atoms with Crippen molar-refractivity contribution in [1.29, 1.82) is 0 Å². The monoisotopic (exact) mass is 476 g/mol. The van der Waals surface area contributed by atoms with E-state index in [-0.39, 0.29) is 11.1 Å². The largest absolute Gasteiger partial charge is 0.341 e. The molecule has 0 saturated carbocycles. The molecule has 0 aliphatic carbocycles. The average molecular weight is 477 g/mol. The Morgan fingerprint density at radius 3 is 2.82 bits per heavy atom. The number of nitrogens with zero attached hydrogens (tertiary/aromatic N) is 5. The normalized spacial score (nSPS) is 18.0. The summed E-state index contributed by atoms with van der Waals surface area (Å²) in [6.45, 7) is 3.42. The van der Waals surface area contributed by atoms with Gasteiger partial charge in [-0.3, -0.25) is 25.0 Å². The van der Waals surface area contributed by atoms with E-state index in [1.54, 1.807) is 30.7 Å². The third-order valence-electron chi connectivity index (χ3n) is 5.89. The maximum atomic E-state index is 11.8. The van der Waals surface area contributed by atoms with Crippen LogP contribution < -0.4 is 15.5 Å². The highest BCUT2D eigenvalue weighted by atomic mass is 32.2. The summed E-state index contributed by atoms with van der Waals surface area (Å²) in [6, 6.07) is 5.78. The molecule has 3 aromatic rings. The highest BCUT2D eigenvalue weighted by molar-refractivity contribution is 8.18. The molecule has 11 heteroatoms. The van der Waals surface area contributed by atoms with E-state index in [2.05, 4.69) is 46.7 Å². The van der Waals surface area contributed by atoms with Crippen LogP contribution in [-0.2, 0) is 11.3 Å². The Morgan fingerprint density at radius 1 is 1.18 bits per heavy atom. The summed E-state index contributed by atoms with van der Waals surface area (Å²) in [7, 11) is 0. The van der Waals surface area contributed by atoms with Crippen molar-refractivity contribution in [3.63, 3.8) is 0 Å². The first-order valence-electron chi connectivity index (χ1n) is 11.1. The van der Waals surface area contributed by atoms with Crippen molar-refractivity contribution in [3.05, 3.63) is 59.1 Å². The number of amides is 2. The van der Waals surface area contributed by atoms with Crippen LogP contribution in [0.2, 0.25) is 0 Å². The summed E-state index contributed by atoms with van der Waals surface area (Å²) < 4.78 is 0. The number of hydrogen-bond donors (Lipinski definition) is 3. The van der Waals surface area contributed by atoms with E-state index in [0.717, 1.165) is 67.6 Å². The zero-order valence-corrected chi connectivity index (χ0v) is 19.2. The first-order chi connectivity index (χ1) is 16.7. The molecule has 3 N–H and O–H groups in total. The number of aromatic nitrogens is 5. The van der Waals surface area contributed by atoms with Gasteiger partial charge in [-0.05, 0) is 60.8 Å². The molecule has 2 saturated heterocycles. The van der Waals surface area contributed by atoms with Crippen LogP contribution in [-0.4, -0.2) is 55.9 Å². The maximum Gasteiger partial charge on any atom is 0.290 e. The van der Waals surface area contributed by atoms with Gasteiger partial charge in [0.05, 0.1) is 22.5 Å². The van der Waals surface area contributed by atoms with Gasteiger partial charge in [0.2, 0.25) is 5.95 Å². The highest BCUT2D eigenvalue weighted by Gasteiger charge is 2.25. The lowest BCUT2D eigenvalue weighted by atomic mass is 9.97. The van der Waals surface area contributed by atoms with Crippen LogP contribution in [0.4, 0.5) is 10.7 Å². The van der Waals surface area contributed by atoms with Crippen molar-refractivity contribution in [3.8, 4) is 11.3 Å². The molecule has 5 heterocycles. The number of piperidine rings is 1. The van der Waals surface area contributed by atoms with Gasteiger partial charge < -0.3 is 10.2 Å². The third kappa shape index (κ3) is 5.15. The molecular formula is C23H24N8O2S. The number of carbonyl (C=O) groups is 2. The summed E-state index contributed by atoms with van der Waals surface area (Å²) in [6.07, 6.45) is 10.8. The van der Waals surface area contributed by atoms with E-state index in [1.807, 2.05) is 12.3 Å². The van der Waals surface area contributed by atoms with E-state index in [0.29, 0.717) is 22.5 Å². The smallest absolute Gasteiger partial charge is 0.290 e. The Hall–Kier alpha value is -3.57. The fourth-order valence-corrected chi connectivity index (χ4v) is 4.79. The molecule has 0 atom stereocenters. The van der Waals surface area contributed by atoms with Gasteiger partial charge in [-0.2, -0.15) is 5.10 Å². The minimum atomic E-state index is -0.383. The zero-order chi connectivity index (χ0) is 23.3. The minimum Gasteiger partial charge on any atom is -0.341 e. The van der Waals surface area contributed by atoms with E-state index in [4.69, 9.17) is 0 Å². The number of hydrogen-bond acceptors (Lipinski definition) is 9. The predicted octanol–water partition coefficient (Wildman–Crippen LogP) is 2.59. The van der Waals surface area contributed by atoms with Gasteiger partial charge in [-0.25, -0.2) is 9.97 Å². The maximum absolute atomic E-state index is 11.8. The summed E-state index contributed by atoms with van der Waals surface area (Å²) in [5.41, 5.74) is 3.70. The lowest BCUT2D eigenvalue weighted by molar-refractivity contribution is -0.115. The van der Waals surface area contributed by atoms with Gasteiger partial charge in [0.25, 0.3) is 11.1 Å². The summed E-state index contributed by atoms with van der Waals surface area (Å²) in [5.74, 6) is 0.836. The number of H-pyrrole nitrogens is 1. The number of anilines is 1.